The molecule has 4 aromatic carbocycles. The van der Waals surface area contributed by atoms with Crippen molar-refractivity contribution in [3.63, 3.8) is 0 Å². The summed E-state index contributed by atoms with van der Waals surface area (Å²) in [6, 6.07) is 28.2. The minimum Gasteiger partial charge on any atom is -0.0776 e. The van der Waals surface area contributed by atoms with E-state index in [1.807, 2.05) is 41.5 Å². The van der Waals surface area contributed by atoms with Gasteiger partial charge in [-0.05, 0) is 45.2 Å². The maximum absolute atomic E-state index is 2.23. The molecule has 0 aliphatic carbocycles. The number of aryl methyl sites for hydroxylation is 1. The average Bonchev–Trinajstić information content (AvgIpc) is 2.78. The SMILES string of the molecule is C.C.CC.CC.CC.Cc1ccc2ccccc2c1-c1cccc2ccccc12. The van der Waals surface area contributed by atoms with Crippen LogP contribution in [0.2, 0.25) is 0 Å². The minimum atomic E-state index is 0. The zero-order valence-corrected chi connectivity index (χ0v) is 18.0. The highest BCUT2D eigenvalue weighted by atomic mass is 14.1. The lowest BCUT2D eigenvalue weighted by Crippen LogP contribution is -1.87. The molecule has 29 heavy (non-hydrogen) atoms. The van der Waals surface area contributed by atoms with Crippen LogP contribution >= 0.6 is 0 Å². The van der Waals surface area contributed by atoms with E-state index in [-0.39, 0.29) is 14.9 Å². The van der Waals surface area contributed by atoms with E-state index in [0.29, 0.717) is 0 Å². The molecule has 0 aromatic heterocycles. The molecule has 4 rings (SSSR count). The molecule has 0 unspecified atom stereocenters. The summed E-state index contributed by atoms with van der Waals surface area (Å²) in [6.45, 7) is 14.2. The van der Waals surface area contributed by atoms with Gasteiger partial charge in [0, 0.05) is 0 Å². The van der Waals surface area contributed by atoms with Gasteiger partial charge in [0.25, 0.3) is 0 Å². The van der Waals surface area contributed by atoms with E-state index in [9.17, 15) is 0 Å². The molecule has 4 aromatic rings. The Morgan fingerprint density at radius 3 is 1.48 bits per heavy atom. The lowest BCUT2D eigenvalue weighted by Gasteiger charge is -2.13. The van der Waals surface area contributed by atoms with Crippen LogP contribution in [0.3, 0.4) is 0 Å². The summed E-state index contributed by atoms with van der Waals surface area (Å²) in [7, 11) is 0. The highest BCUT2D eigenvalue weighted by Gasteiger charge is 2.09. The van der Waals surface area contributed by atoms with Crippen LogP contribution in [0.25, 0.3) is 32.7 Å². The molecule has 158 valence electrons. The van der Waals surface area contributed by atoms with Crippen LogP contribution in [0.5, 0.6) is 0 Å². The van der Waals surface area contributed by atoms with Crippen molar-refractivity contribution < 1.29 is 0 Å². The van der Waals surface area contributed by atoms with Gasteiger partial charge in [-0.25, -0.2) is 0 Å². The highest BCUT2D eigenvalue weighted by molar-refractivity contribution is 6.06. The summed E-state index contributed by atoms with van der Waals surface area (Å²) in [4.78, 5) is 0. The topological polar surface area (TPSA) is 0 Å². The monoisotopic (exact) mass is 390 g/mol. The van der Waals surface area contributed by atoms with Gasteiger partial charge < -0.3 is 0 Å². The van der Waals surface area contributed by atoms with Gasteiger partial charge in [0.2, 0.25) is 0 Å². The van der Waals surface area contributed by atoms with Crippen LogP contribution in [-0.2, 0) is 0 Å². The van der Waals surface area contributed by atoms with Gasteiger partial charge in [-0.15, -0.1) is 0 Å². The van der Waals surface area contributed by atoms with Gasteiger partial charge in [-0.1, -0.05) is 135 Å². The minimum absolute atomic E-state index is 0. The average molecular weight is 391 g/mol. The molecule has 0 atom stereocenters. The molecule has 0 bridgehead atoms. The van der Waals surface area contributed by atoms with Crippen molar-refractivity contribution in [1.82, 2.24) is 0 Å². The molecule has 0 fully saturated rings. The van der Waals surface area contributed by atoms with Crippen molar-refractivity contribution in [3.8, 4) is 11.1 Å². The Morgan fingerprint density at radius 2 is 0.897 bits per heavy atom. The second-order valence-electron chi connectivity index (χ2n) is 5.51. The first-order chi connectivity index (χ1) is 13.3. The fourth-order valence-electron chi connectivity index (χ4n) is 3.18. The Kier molecular flexibility index (Phi) is 15.1. The standard InChI is InChI=1S/C21H16.3C2H6.2CH4/c1-15-13-14-17-8-3-5-11-19(17)21(15)20-12-6-9-16-7-2-4-10-18(16)20;3*1-2;;/h2-14H,1H3;3*1-2H3;2*1H4. The smallest absolute Gasteiger partial charge is 0.00699 e. The molecule has 0 aliphatic rings. The first-order valence-electron chi connectivity index (χ1n) is 10.3. The first-order valence-corrected chi connectivity index (χ1v) is 10.3. The van der Waals surface area contributed by atoms with Crippen molar-refractivity contribution in [2.75, 3.05) is 0 Å². The maximum Gasteiger partial charge on any atom is -0.00699 e. The number of hydrogen-bond donors (Lipinski definition) is 0. The maximum atomic E-state index is 2.23. The van der Waals surface area contributed by atoms with Crippen molar-refractivity contribution >= 4 is 21.5 Å². The summed E-state index contributed by atoms with van der Waals surface area (Å²) in [5, 5.41) is 5.24. The van der Waals surface area contributed by atoms with Crippen LogP contribution in [0.1, 0.15) is 62.0 Å². The predicted molar refractivity (Wildman–Crippen MR) is 139 cm³/mol. The number of fused-ring (bicyclic) bond motifs is 2. The fourth-order valence-corrected chi connectivity index (χ4v) is 3.18. The molecule has 0 aliphatic heterocycles. The Balaban J connectivity index is 0. The lowest BCUT2D eigenvalue weighted by atomic mass is 9.91. The summed E-state index contributed by atoms with van der Waals surface area (Å²) in [5.41, 5.74) is 4.00. The predicted octanol–water partition coefficient (Wildman–Crippen LogP) is 10.3. The third-order valence-electron chi connectivity index (χ3n) is 4.20. The van der Waals surface area contributed by atoms with E-state index in [2.05, 4.69) is 85.8 Å². The summed E-state index contributed by atoms with van der Waals surface area (Å²) < 4.78 is 0. The number of benzene rings is 4. The normalized spacial score (nSPS) is 8.66. The van der Waals surface area contributed by atoms with Gasteiger partial charge in [0.05, 0.1) is 0 Å². The molecule has 0 N–H and O–H groups in total. The second-order valence-corrected chi connectivity index (χ2v) is 5.51. The largest absolute Gasteiger partial charge is 0.0776 e. The third-order valence-corrected chi connectivity index (χ3v) is 4.20. The zero-order chi connectivity index (χ0) is 20.2. The quantitative estimate of drug-likeness (QED) is 0.303. The first kappa shape index (κ1) is 28.6. The van der Waals surface area contributed by atoms with Crippen molar-refractivity contribution in [2.24, 2.45) is 0 Å². The Labute approximate surface area is 180 Å². The summed E-state index contributed by atoms with van der Waals surface area (Å²) in [6.07, 6.45) is 0. The van der Waals surface area contributed by atoms with E-state index < -0.39 is 0 Å². The van der Waals surface area contributed by atoms with Gasteiger partial charge in [0.15, 0.2) is 0 Å². The van der Waals surface area contributed by atoms with Gasteiger partial charge >= 0.3 is 0 Å². The molecular weight excluding hydrogens is 348 g/mol. The van der Waals surface area contributed by atoms with Crippen LogP contribution in [0.4, 0.5) is 0 Å². The molecule has 0 nitrogen and oxygen atoms in total. The van der Waals surface area contributed by atoms with Crippen molar-refractivity contribution in [3.05, 3.63) is 84.4 Å². The Bertz CT molecular complexity index is 943. The number of hydrogen-bond acceptors (Lipinski definition) is 0. The van der Waals surface area contributed by atoms with Crippen LogP contribution in [0, 0.1) is 6.92 Å². The molecular formula is C29H42. The highest BCUT2D eigenvalue weighted by Crippen LogP contribution is 2.36. The van der Waals surface area contributed by atoms with Crippen LogP contribution < -0.4 is 0 Å². The van der Waals surface area contributed by atoms with E-state index in [1.165, 1.54) is 38.2 Å². The molecule has 0 heterocycles. The molecule has 0 heteroatoms. The Morgan fingerprint density at radius 1 is 0.448 bits per heavy atom. The molecule has 0 saturated carbocycles. The molecule has 0 saturated heterocycles. The van der Waals surface area contributed by atoms with E-state index in [4.69, 9.17) is 0 Å². The summed E-state index contributed by atoms with van der Waals surface area (Å²) >= 11 is 0. The second kappa shape index (κ2) is 15.3. The third kappa shape index (κ3) is 6.46. The van der Waals surface area contributed by atoms with E-state index in [1.54, 1.807) is 0 Å². The van der Waals surface area contributed by atoms with Crippen LogP contribution in [0.15, 0.2) is 78.9 Å². The van der Waals surface area contributed by atoms with E-state index >= 15 is 0 Å². The molecule has 0 radical (unpaired) electrons. The summed E-state index contributed by atoms with van der Waals surface area (Å²) in [5.74, 6) is 0. The zero-order valence-electron chi connectivity index (χ0n) is 18.0. The van der Waals surface area contributed by atoms with Gasteiger partial charge in [0.1, 0.15) is 0 Å². The fraction of sp³-hybridized carbons (Fsp3) is 0.310. The number of rotatable bonds is 1. The lowest BCUT2D eigenvalue weighted by molar-refractivity contribution is 1.50. The van der Waals surface area contributed by atoms with Crippen molar-refractivity contribution in [2.45, 2.75) is 63.3 Å². The van der Waals surface area contributed by atoms with Crippen LogP contribution in [-0.4, -0.2) is 0 Å². The van der Waals surface area contributed by atoms with Crippen molar-refractivity contribution in [1.29, 1.82) is 0 Å². The van der Waals surface area contributed by atoms with E-state index in [0.717, 1.165) is 0 Å². The molecule has 0 spiro atoms. The molecule has 0 amide bonds. The Hall–Kier alpha value is -2.60. The van der Waals surface area contributed by atoms with Gasteiger partial charge in [-0.3, -0.25) is 0 Å². The van der Waals surface area contributed by atoms with Gasteiger partial charge in [-0.2, -0.15) is 0 Å².